The number of piperazine rings is 1. The fourth-order valence-electron chi connectivity index (χ4n) is 4.69. The van der Waals surface area contributed by atoms with E-state index in [1.807, 2.05) is 23.1 Å². The highest BCUT2D eigenvalue weighted by atomic mass is 16.5. The van der Waals surface area contributed by atoms with Crippen molar-refractivity contribution in [3.8, 4) is 17.1 Å². The van der Waals surface area contributed by atoms with Gasteiger partial charge in [0.05, 0.1) is 18.5 Å². The molecule has 1 aromatic carbocycles. The van der Waals surface area contributed by atoms with Gasteiger partial charge in [0.15, 0.2) is 0 Å². The Morgan fingerprint density at radius 3 is 2.36 bits per heavy atom. The summed E-state index contributed by atoms with van der Waals surface area (Å²) in [5.41, 5.74) is 6.09. The van der Waals surface area contributed by atoms with Crippen LogP contribution in [-0.2, 0) is 12.0 Å². The van der Waals surface area contributed by atoms with Crippen LogP contribution in [0.5, 0.6) is 5.88 Å². The Bertz CT molecular complexity index is 1360. The van der Waals surface area contributed by atoms with Gasteiger partial charge in [-0.05, 0) is 29.2 Å². The van der Waals surface area contributed by atoms with Crippen molar-refractivity contribution in [1.29, 1.82) is 0 Å². The molecule has 1 amide bonds. The number of aromatic nitrogens is 3. The largest absolute Gasteiger partial charge is 0.481 e. The average molecular weight is 484 g/mol. The number of hydrogen-bond acceptors (Lipinski definition) is 5. The van der Waals surface area contributed by atoms with Gasteiger partial charge in [-0.15, -0.1) is 0 Å². The molecule has 1 aliphatic heterocycles. The first kappa shape index (κ1) is 24.0. The van der Waals surface area contributed by atoms with E-state index in [-0.39, 0.29) is 11.3 Å². The molecule has 7 nitrogen and oxygen atoms in total. The number of ether oxygens (including phenoxy) is 1. The van der Waals surface area contributed by atoms with Crippen molar-refractivity contribution in [3.63, 3.8) is 0 Å². The average Bonchev–Trinajstić information content (AvgIpc) is 3.26. The summed E-state index contributed by atoms with van der Waals surface area (Å²) < 4.78 is 7.36. The van der Waals surface area contributed by atoms with Crippen LogP contribution in [0.4, 0.5) is 0 Å². The zero-order valence-corrected chi connectivity index (χ0v) is 21.4. The zero-order chi connectivity index (χ0) is 25.3. The number of fused-ring (bicyclic) bond motifs is 1. The third-order valence-electron chi connectivity index (χ3n) is 6.84. The highest BCUT2D eigenvalue weighted by Crippen LogP contribution is 2.29. The predicted octanol–water partition coefficient (Wildman–Crippen LogP) is 4.66. The number of rotatable bonds is 5. The molecule has 0 N–H and O–H groups in total. The second-order valence-electron chi connectivity index (χ2n) is 10.3. The summed E-state index contributed by atoms with van der Waals surface area (Å²) >= 11 is 0. The van der Waals surface area contributed by atoms with Gasteiger partial charge in [0, 0.05) is 50.6 Å². The van der Waals surface area contributed by atoms with Gasteiger partial charge < -0.3 is 14.0 Å². The third-order valence-corrected chi connectivity index (χ3v) is 6.84. The van der Waals surface area contributed by atoms with E-state index in [0.29, 0.717) is 24.7 Å². The molecule has 186 valence electrons. The molecule has 0 radical (unpaired) electrons. The number of carbonyl (C=O) groups excluding carboxylic acids is 1. The molecular formula is C29H33N5O2. The van der Waals surface area contributed by atoms with Gasteiger partial charge in [0.25, 0.3) is 5.91 Å². The lowest BCUT2D eigenvalue weighted by molar-refractivity contribution is 0.0620. The minimum atomic E-state index is -0.0528. The summed E-state index contributed by atoms with van der Waals surface area (Å²) in [6.45, 7) is 10.3. The quantitative estimate of drug-likeness (QED) is 0.413. The van der Waals surface area contributed by atoms with Gasteiger partial charge >= 0.3 is 0 Å². The number of carbonyl (C=O) groups is 1. The van der Waals surface area contributed by atoms with Gasteiger partial charge in [-0.3, -0.25) is 9.69 Å². The summed E-state index contributed by atoms with van der Waals surface area (Å²) in [4.78, 5) is 26.5. The SMILES string of the molecule is COc1cccc(C(=O)N2CCN(Cc3c(-c4ccc(C(C)(C)C)cc4)nc4ccccn34)CC2)n1. The highest BCUT2D eigenvalue weighted by molar-refractivity contribution is 5.92. The summed E-state index contributed by atoms with van der Waals surface area (Å²) in [5.74, 6) is 0.401. The summed E-state index contributed by atoms with van der Waals surface area (Å²) in [6, 6.07) is 20.2. The van der Waals surface area contributed by atoms with Crippen molar-refractivity contribution in [3.05, 3.63) is 83.8 Å². The van der Waals surface area contributed by atoms with E-state index in [2.05, 4.69) is 65.5 Å². The molecule has 1 aliphatic rings. The first-order chi connectivity index (χ1) is 17.3. The van der Waals surface area contributed by atoms with Crippen LogP contribution in [0, 0.1) is 0 Å². The molecule has 1 saturated heterocycles. The van der Waals surface area contributed by atoms with Crippen molar-refractivity contribution < 1.29 is 9.53 Å². The maximum atomic E-state index is 13.0. The van der Waals surface area contributed by atoms with Gasteiger partial charge in [0.1, 0.15) is 11.3 Å². The van der Waals surface area contributed by atoms with E-state index < -0.39 is 0 Å². The lowest BCUT2D eigenvalue weighted by atomic mass is 9.86. The fourth-order valence-corrected chi connectivity index (χ4v) is 4.69. The monoisotopic (exact) mass is 483 g/mol. The summed E-state index contributed by atoms with van der Waals surface area (Å²) in [5, 5.41) is 0. The number of amides is 1. The number of pyridine rings is 2. The number of hydrogen-bond donors (Lipinski definition) is 0. The second-order valence-corrected chi connectivity index (χ2v) is 10.3. The first-order valence-corrected chi connectivity index (χ1v) is 12.4. The van der Waals surface area contributed by atoms with Crippen LogP contribution in [0.25, 0.3) is 16.9 Å². The molecule has 3 aromatic heterocycles. The summed E-state index contributed by atoms with van der Waals surface area (Å²) in [7, 11) is 1.56. The molecule has 0 spiro atoms. The van der Waals surface area contributed by atoms with E-state index in [0.717, 1.165) is 36.5 Å². The van der Waals surface area contributed by atoms with Crippen LogP contribution in [0.1, 0.15) is 42.5 Å². The van der Waals surface area contributed by atoms with Crippen molar-refractivity contribution in [1.82, 2.24) is 24.2 Å². The van der Waals surface area contributed by atoms with Gasteiger partial charge in [-0.2, -0.15) is 0 Å². The Hall–Kier alpha value is -3.71. The Labute approximate surface area is 212 Å². The lowest BCUT2D eigenvalue weighted by Gasteiger charge is -2.34. The van der Waals surface area contributed by atoms with E-state index in [9.17, 15) is 4.79 Å². The third kappa shape index (κ3) is 4.84. The minimum absolute atomic E-state index is 0.0528. The normalized spacial score (nSPS) is 14.8. The van der Waals surface area contributed by atoms with E-state index in [1.165, 1.54) is 11.3 Å². The second kappa shape index (κ2) is 9.74. The minimum Gasteiger partial charge on any atom is -0.481 e. The summed E-state index contributed by atoms with van der Waals surface area (Å²) in [6.07, 6.45) is 2.08. The maximum Gasteiger partial charge on any atom is 0.272 e. The van der Waals surface area contributed by atoms with Crippen LogP contribution in [0.2, 0.25) is 0 Å². The number of imidazole rings is 1. The predicted molar refractivity (Wildman–Crippen MR) is 141 cm³/mol. The Morgan fingerprint density at radius 1 is 0.917 bits per heavy atom. The molecular weight excluding hydrogens is 450 g/mol. The molecule has 0 unspecified atom stereocenters. The topological polar surface area (TPSA) is 63.0 Å². The van der Waals surface area contributed by atoms with Crippen molar-refractivity contribution >= 4 is 11.6 Å². The standard InChI is InChI=1S/C29H33N5O2/c1-29(2,3)22-13-11-21(12-14-22)27-24(34-15-6-5-9-25(34)31-27)20-32-16-18-33(19-17-32)28(35)23-8-7-10-26(30-23)36-4/h5-15H,16-20H2,1-4H3. The van der Waals surface area contributed by atoms with E-state index >= 15 is 0 Å². The van der Waals surface area contributed by atoms with Crippen LogP contribution >= 0.6 is 0 Å². The van der Waals surface area contributed by atoms with Crippen LogP contribution in [-0.4, -0.2) is 63.4 Å². The number of nitrogens with zero attached hydrogens (tertiary/aromatic N) is 5. The number of methoxy groups -OCH3 is 1. The van der Waals surface area contributed by atoms with Crippen molar-refractivity contribution in [2.24, 2.45) is 0 Å². The molecule has 0 aliphatic carbocycles. The zero-order valence-electron chi connectivity index (χ0n) is 21.4. The molecule has 4 heterocycles. The molecule has 5 rings (SSSR count). The molecule has 0 atom stereocenters. The molecule has 0 bridgehead atoms. The first-order valence-electron chi connectivity index (χ1n) is 12.4. The van der Waals surface area contributed by atoms with Crippen LogP contribution in [0.15, 0.2) is 66.9 Å². The van der Waals surface area contributed by atoms with Crippen molar-refractivity contribution in [2.45, 2.75) is 32.7 Å². The number of benzene rings is 1. The Morgan fingerprint density at radius 2 is 1.67 bits per heavy atom. The van der Waals surface area contributed by atoms with Gasteiger partial charge in [-0.25, -0.2) is 9.97 Å². The molecule has 0 saturated carbocycles. The molecule has 1 fully saturated rings. The lowest BCUT2D eigenvalue weighted by Crippen LogP contribution is -2.48. The van der Waals surface area contributed by atoms with Crippen LogP contribution in [0.3, 0.4) is 0 Å². The fraction of sp³-hybridized carbons (Fsp3) is 0.345. The van der Waals surface area contributed by atoms with Crippen molar-refractivity contribution in [2.75, 3.05) is 33.3 Å². The highest BCUT2D eigenvalue weighted by Gasteiger charge is 2.25. The Kier molecular flexibility index (Phi) is 6.49. The molecule has 7 heteroatoms. The van der Waals surface area contributed by atoms with Crippen LogP contribution < -0.4 is 4.74 Å². The molecule has 4 aromatic rings. The van der Waals surface area contributed by atoms with E-state index in [4.69, 9.17) is 9.72 Å². The maximum absolute atomic E-state index is 13.0. The smallest absolute Gasteiger partial charge is 0.272 e. The van der Waals surface area contributed by atoms with Gasteiger partial charge in [0.2, 0.25) is 5.88 Å². The molecule has 36 heavy (non-hydrogen) atoms. The van der Waals surface area contributed by atoms with Gasteiger partial charge in [-0.1, -0.05) is 57.2 Å². The van der Waals surface area contributed by atoms with E-state index in [1.54, 1.807) is 25.3 Å². The Balaban J connectivity index is 1.34.